The Bertz CT molecular complexity index is 266. The van der Waals surface area contributed by atoms with Crippen LogP contribution in [0.15, 0.2) is 0 Å². The molecule has 2 atom stereocenters. The van der Waals surface area contributed by atoms with Gasteiger partial charge >= 0.3 is 0 Å². The van der Waals surface area contributed by atoms with E-state index in [1.807, 2.05) is 11.8 Å². The summed E-state index contributed by atoms with van der Waals surface area (Å²) in [6, 6.07) is 0. The Kier molecular flexibility index (Phi) is 3.87. The molecule has 16 heavy (non-hydrogen) atoms. The Hall–Kier alpha value is -0.130. The standard InChI is InChI=1S/C11H18BrNO3/c1-11(3-2-5-16-11)10(14)13-4-6-15-9(7-12)8-13/h9H,2-8H2,1H3. The Morgan fingerprint density at radius 2 is 2.38 bits per heavy atom. The maximum absolute atomic E-state index is 12.3. The second-order valence-corrected chi connectivity index (χ2v) is 5.23. The smallest absolute Gasteiger partial charge is 0.254 e. The van der Waals surface area contributed by atoms with E-state index in [1.165, 1.54) is 0 Å². The van der Waals surface area contributed by atoms with E-state index < -0.39 is 5.60 Å². The van der Waals surface area contributed by atoms with Crippen LogP contribution in [0.2, 0.25) is 0 Å². The van der Waals surface area contributed by atoms with Gasteiger partial charge in [0.05, 0.1) is 12.7 Å². The molecule has 0 N–H and O–H groups in total. The van der Waals surface area contributed by atoms with E-state index in [9.17, 15) is 4.79 Å². The first-order valence-electron chi connectivity index (χ1n) is 5.76. The van der Waals surface area contributed by atoms with Crippen LogP contribution in [0, 0.1) is 0 Å². The molecular weight excluding hydrogens is 274 g/mol. The van der Waals surface area contributed by atoms with Crippen molar-refractivity contribution < 1.29 is 14.3 Å². The number of ether oxygens (including phenoxy) is 2. The van der Waals surface area contributed by atoms with Crippen LogP contribution in [0.3, 0.4) is 0 Å². The van der Waals surface area contributed by atoms with E-state index in [4.69, 9.17) is 9.47 Å². The zero-order valence-corrected chi connectivity index (χ0v) is 11.2. The minimum atomic E-state index is -0.589. The lowest BCUT2D eigenvalue weighted by atomic mass is 10.0. The molecule has 0 bridgehead atoms. The summed E-state index contributed by atoms with van der Waals surface area (Å²) in [5.74, 6) is 0.124. The van der Waals surface area contributed by atoms with Gasteiger partial charge in [0.1, 0.15) is 5.60 Å². The molecule has 2 rings (SSSR count). The third-order valence-corrected chi connectivity index (χ3v) is 3.99. The van der Waals surface area contributed by atoms with E-state index in [0.29, 0.717) is 26.3 Å². The Labute approximate surface area is 104 Å². The number of carbonyl (C=O) groups excluding carboxylic acids is 1. The molecule has 2 saturated heterocycles. The first kappa shape index (κ1) is 12.3. The molecule has 0 saturated carbocycles. The number of hydrogen-bond acceptors (Lipinski definition) is 3. The van der Waals surface area contributed by atoms with Gasteiger partial charge in [0.25, 0.3) is 5.91 Å². The first-order valence-corrected chi connectivity index (χ1v) is 6.89. The number of rotatable bonds is 2. The molecule has 92 valence electrons. The van der Waals surface area contributed by atoms with Gasteiger partial charge in [-0.05, 0) is 19.8 Å². The molecule has 0 aliphatic carbocycles. The monoisotopic (exact) mass is 291 g/mol. The maximum atomic E-state index is 12.3. The number of amides is 1. The number of halogens is 1. The molecule has 4 nitrogen and oxygen atoms in total. The molecule has 0 spiro atoms. The predicted molar refractivity (Wildman–Crippen MR) is 63.7 cm³/mol. The van der Waals surface area contributed by atoms with Crippen LogP contribution in [0.5, 0.6) is 0 Å². The first-order chi connectivity index (χ1) is 7.65. The molecule has 0 aromatic rings. The average molecular weight is 292 g/mol. The third kappa shape index (κ3) is 2.41. The number of morpholine rings is 1. The van der Waals surface area contributed by atoms with Crippen molar-refractivity contribution >= 4 is 21.8 Å². The van der Waals surface area contributed by atoms with Gasteiger partial charge in [-0.15, -0.1) is 0 Å². The molecule has 2 aliphatic heterocycles. The lowest BCUT2D eigenvalue weighted by molar-refractivity contribution is -0.157. The lowest BCUT2D eigenvalue weighted by Crippen LogP contribution is -2.53. The largest absolute Gasteiger partial charge is 0.374 e. The summed E-state index contributed by atoms with van der Waals surface area (Å²) in [5, 5.41) is 0.772. The fourth-order valence-corrected chi connectivity index (χ4v) is 2.67. The minimum absolute atomic E-state index is 0.114. The van der Waals surface area contributed by atoms with Crippen LogP contribution in [0.4, 0.5) is 0 Å². The minimum Gasteiger partial charge on any atom is -0.374 e. The van der Waals surface area contributed by atoms with Gasteiger partial charge in [0.15, 0.2) is 0 Å². The SMILES string of the molecule is CC1(C(=O)N2CCOC(CBr)C2)CCCO1. The highest BCUT2D eigenvalue weighted by atomic mass is 79.9. The van der Waals surface area contributed by atoms with E-state index >= 15 is 0 Å². The molecule has 1 amide bonds. The van der Waals surface area contributed by atoms with E-state index in [2.05, 4.69) is 15.9 Å². The van der Waals surface area contributed by atoms with E-state index in [1.54, 1.807) is 0 Å². The summed E-state index contributed by atoms with van der Waals surface area (Å²) in [4.78, 5) is 14.2. The van der Waals surface area contributed by atoms with Crippen LogP contribution in [0.1, 0.15) is 19.8 Å². The normalized spacial score (nSPS) is 35.4. The van der Waals surface area contributed by atoms with Crippen LogP contribution in [-0.2, 0) is 14.3 Å². The van der Waals surface area contributed by atoms with Gasteiger partial charge in [0, 0.05) is 25.0 Å². The van der Waals surface area contributed by atoms with Gasteiger partial charge < -0.3 is 14.4 Å². The Morgan fingerprint density at radius 1 is 1.56 bits per heavy atom. The van der Waals surface area contributed by atoms with E-state index in [0.717, 1.165) is 18.2 Å². The van der Waals surface area contributed by atoms with Crippen molar-refractivity contribution in [3.8, 4) is 0 Å². The highest BCUT2D eigenvalue weighted by molar-refractivity contribution is 9.09. The molecule has 2 aliphatic rings. The molecule has 2 heterocycles. The van der Waals surface area contributed by atoms with Gasteiger partial charge in [-0.2, -0.15) is 0 Å². The molecule has 0 aromatic carbocycles. The highest BCUT2D eigenvalue weighted by Gasteiger charge is 2.41. The molecule has 2 unspecified atom stereocenters. The van der Waals surface area contributed by atoms with Crippen molar-refractivity contribution in [2.75, 3.05) is 31.6 Å². The quantitative estimate of drug-likeness (QED) is 0.717. The van der Waals surface area contributed by atoms with Crippen molar-refractivity contribution in [2.45, 2.75) is 31.5 Å². The molecule has 0 radical (unpaired) electrons. The fourth-order valence-electron chi connectivity index (χ4n) is 2.28. The summed E-state index contributed by atoms with van der Waals surface area (Å²) in [6.07, 6.45) is 1.93. The van der Waals surface area contributed by atoms with Crippen molar-refractivity contribution in [3.63, 3.8) is 0 Å². The summed E-state index contributed by atoms with van der Waals surface area (Å²) >= 11 is 3.39. The van der Waals surface area contributed by atoms with Gasteiger partial charge in [0.2, 0.25) is 0 Å². The van der Waals surface area contributed by atoms with Crippen LogP contribution < -0.4 is 0 Å². The van der Waals surface area contributed by atoms with Gasteiger partial charge in [-0.1, -0.05) is 15.9 Å². The van der Waals surface area contributed by atoms with Crippen molar-refractivity contribution in [1.29, 1.82) is 0 Å². The molecule has 5 heteroatoms. The summed E-state index contributed by atoms with van der Waals surface area (Å²) in [6.45, 7) is 4.58. The second kappa shape index (κ2) is 5.02. The van der Waals surface area contributed by atoms with Crippen molar-refractivity contribution in [1.82, 2.24) is 4.90 Å². The summed E-state index contributed by atoms with van der Waals surface area (Å²) < 4.78 is 11.1. The van der Waals surface area contributed by atoms with Crippen LogP contribution in [-0.4, -0.2) is 54.1 Å². The molecule has 0 aromatic heterocycles. The number of carbonyl (C=O) groups is 1. The Balaban J connectivity index is 1.98. The predicted octanol–water partition coefficient (Wildman–Crippen LogP) is 1.18. The Morgan fingerprint density at radius 3 is 3.00 bits per heavy atom. The summed E-state index contributed by atoms with van der Waals surface area (Å²) in [5.41, 5.74) is -0.589. The summed E-state index contributed by atoms with van der Waals surface area (Å²) in [7, 11) is 0. The van der Waals surface area contributed by atoms with Crippen LogP contribution in [0.25, 0.3) is 0 Å². The number of nitrogens with zero attached hydrogens (tertiary/aromatic N) is 1. The topological polar surface area (TPSA) is 38.8 Å². The van der Waals surface area contributed by atoms with Crippen LogP contribution >= 0.6 is 15.9 Å². The zero-order chi connectivity index (χ0) is 11.6. The third-order valence-electron chi connectivity index (χ3n) is 3.27. The van der Waals surface area contributed by atoms with E-state index in [-0.39, 0.29) is 12.0 Å². The molecule has 2 fully saturated rings. The van der Waals surface area contributed by atoms with Gasteiger partial charge in [-0.3, -0.25) is 4.79 Å². The highest BCUT2D eigenvalue weighted by Crippen LogP contribution is 2.28. The maximum Gasteiger partial charge on any atom is 0.254 e. The second-order valence-electron chi connectivity index (χ2n) is 4.58. The van der Waals surface area contributed by atoms with Crippen molar-refractivity contribution in [3.05, 3.63) is 0 Å². The zero-order valence-electron chi connectivity index (χ0n) is 9.58. The molecular formula is C11H18BrNO3. The number of hydrogen-bond donors (Lipinski definition) is 0. The lowest BCUT2D eigenvalue weighted by Gasteiger charge is -2.36. The fraction of sp³-hybridized carbons (Fsp3) is 0.909. The average Bonchev–Trinajstić information content (AvgIpc) is 2.76. The van der Waals surface area contributed by atoms with Gasteiger partial charge in [-0.25, -0.2) is 0 Å². The number of alkyl halides is 1. The van der Waals surface area contributed by atoms with Crippen molar-refractivity contribution in [2.24, 2.45) is 0 Å².